The van der Waals surface area contributed by atoms with Crippen molar-refractivity contribution in [1.82, 2.24) is 20.0 Å². The van der Waals surface area contributed by atoms with Crippen molar-refractivity contribution in [3.63, 3.8) is 0 Å². The van der Waals surface area contributed by atoms with E-state index in [2.05, 4.69) is 35.5 Å². The average molecular weight is 383 g/mol. The molecule has 6 nitrogen and oxygen atoms in total. The molecule has 0 aliphatic heterocycles. The van der Waals surface area contributed by atoms with Crippen molar-refractivity contribution in [2.24, 2.45) is 5.92 Å². The molecule has 6 heteroatoms. The van der Waals surface area contributed by atoms with Gasteiger partial charge in [0.25, 0.3) is 11.8 Å². The predicted molar refractivity (Wildman–Crippen MR) is 110 cm³/mol. The van der Waals surface area contributed by atoms with Crippen LogP contribution in [-0.4, -0.2) is 34.3 Å². The number of pyridine rings is 1. The molecule has 1 aliphatic carbocycles. The Balaban J connectivity index is 1.69. The van der Waals surface area contributed by atoms with Crippen molar-refractivity contribution in [1.29, 1.82) is 0 Å². The van der Waals surface area contributed by atoms with E-state index in [4.69, 9.17) is 0 Å². The third kappa shape index (κ3) is 5.00. The summed E-state index contributed by atoms with van der Waals surface area (Å²) in [5.74, 6) is 0.270. The molecule has 0 spiro atoms. The maximum Gasteiger partial charge on any atom is 0.287 e. The molecule has 0 radical (unpaired) electrons. The van der Waals surface area contributed by atoms with Crippen molar-refractivity contribution < 1.29 is 9.59 Å². The standard InChI is InChI=1S/C22H30N4O2/c1-16(2)11-13-24-22(28)20-25-19(18-10-6-7-15-26(18)20)21(27)23-14-12-17-8-4-3-5-9-17/h6-8,10,15-16H,3-5,9,11-14H2,1-2H3,(H,23,27)(H,24,28). The summed E-state index contributed by atoms with van der Waals surface area (Å²) in [5, 5.41) is 5.86. The van der Waals surface area contributed by atoms with E-state index < -0.39 is 0 Å². The van der Waals surface area contributed by atoms with Crippen LogP contribution in [0.2, 0.25) is 0 Å². The number of nitrogens with zero attached hydrogens (tertiary/aromatic N) is 2. The van der Waals surface area contributed by atoms with Gasteiger partial charge in [0.1, 0.15) is 0 Å². The normalized spacial score (nSPS) is 14.2. The van der Waals surface area contributed by atoms with Gasteiger partial charge in [0.15, 0.2) is 5.69 Å². The zero-order valence-electron chi connectivity index (χ0n) is 16.8. The van der Waals surface area contributed by atoms with Crippen LogP contribution >= 0.6 is 0 Å². The highest BCUT2D eigenvalue weighted by Crippen LogP contribution is 2.19. The van der Waals surface area contributed by atoms with Crippen LogP contribution < -0.4 is 10.6 Å². The van der Waals surface area contributed by atoms with Crippen molar-refractivity contribution in [2.75, 3.05) is 13.1 Å². The fraction of sp³-hybridized carbons (Fsp3) is 0.500. The molecule has 2 heterocycles. The molecule has 2 aromatic rings. The summed E-state index contributed by atoms with van der Waals surface area (Å²) in [6.45, 7) is 5.41. The second kappa shape index (κ2) is 9.53. The molecule has 0 fully saturated rings. The van der Waals surface area contributed by atoms with Crippen LogP contribution in [0.4, 0.5) is 0 Å². The van der Waals surface area contributed by atoms with Crippen molar-refractivity contribution >= 4 is 17.3 Å². The number of nitrogens with one attached hydrogen (secondary N) is 2. The number of amides is 2. The Morgan fingerprint density at radius 1 is 1.14 bits per heavy atom. The Labute approximate surface area is 166 Å². The van der Waals surface area contributed by atoms with Gasteiger partial charge in [-0.1, -0.05) is 31.6 Å². The zero-order valence-corrected chi connectivity index (χ0v) is 16.8. The highest BCUT2D eigenvalue weighted by molar-refractivity contribution is 6.02. The molecule has 0 unspecified atom stereocenters. The van der Waals surface area contributed by atoms with Crippen molar-refractivity contribution in [2.45, 2.75) is 52.4 Å². The summed E-state index contributed by atoms with van der Waals surface area (Å²) in [6.07, 6.45) is 10.6. The molecule has 1 aliphatic rings. The number of hydrogen-bond donors (Lipinski definition) is 2. The highest BCUT2D eigenvalue weighted by Gasteiger charge is 2.21. The first-order valence-corrected chi connectivity index (χ1v) is 10.3. The fourth-order valence-corrected chi connectivity index (χ4v) is 3.47. The van der Waals surface area contributed by atoms with Gasteiger partial charge in [-0.15, -0.1) is 0 Å². The summed E-state index contributed by atoms with van der Waals surface area (Å²) in [6, 6.07) is 5.49. The van der Waals surface area contributed by atoms with Gasteiger partial charge >= 0.3 is 0 Å². The van der Waals surface area contributed by atoms with Crippen LogP contribution in [0.1, 0.15) is 73.5 Å². The van der Waals surface area contributed by atoms with Gasteiger partial charge in [-0.2, -0.15) is 0 Å². The lowest BCUT2D eigenvalue weighted by atomic mass is 9.97. The second-order valence-electron chi connectivity index (χ2n) is 7.79. The van der Waals surface area contributed by atoms with Crippen LogP contribution in [-0.2, 0) is 0 Å². The molecule has 0 aromatic carbocycles. The zero-order chi connectivity index (χ0) is 19.9. The molecule has 0 atom stereocenters. The summed E-state index contributed by atoms with van der Waals surface area (Å²) in [7, 11) is 0. The molecule has 150 valence electrons. The molecule has 0 saturated heterocycles. The van der Waals surface area contributed by atoms with Gasteiger partial charge in [0.05, 0.1) is 5.52 Å². The molecule has 2 aromatic heterocycles. The van der Waals surface area contributed by atoms with Gasteiger partial charge in [0, 0.05) is 19.3 Å². The second-order valence-corrected chi connectivity index (χ2v) is 7.79. The van der Waals surface area contributed by atoms with E-state index in [-0.39, 0.29) is 17.6 Å². The molecule has 2 N–H and O–H groups in total. The van der Waals surface area contributed by atoms with Crippen LogP contribution in [0.5, 0.6) is 0 Å². The number of carbonyl (C=O) groups excluding carboxylic acids is 2. The van der Waals surface area contributed by atoms with Crippen molar-refractivity contribution in [3.05, 3.63) is 47.6 Å². The van der Waals surface area contributed by atoms with Crippen molar-refractivity contribution in [3.8, 4) is 0 Å². The highest BCUT2D eigenvalue weighted by atomic mass is 16.2. The fourth-order valence-electron chi connectivity index (χ4n) is 3.47. The number of imidazole rings is 1. The minimum atomic E-state index is -0.256. The van der Waals surface area contributed by atoms with E-state index in [1.807, 2.05) is 18.2 Å². The Kier molecular flexibility index (Phi) is 6.85. The minimum Gasteiger partial charge on any atom is -0.350 e. The van der Waals surface area contributed by atoms with E-state index in [1.165, 1.54) is 18.4 Å². The number of rotatable bonds is 8. The number of fused-ring (bicyclic) bond motifs is 1. The Morgan fingerprint density at radius 2 is 1.96 bits per heavy atom. The topological polar surface area (TPSA) is 75.5 Å². The Hall–Kier alpha value is -2.63. The quantitative estimate of drug-likeness (QED) is 0.683. The maximum atomic E-state index is 12.7. The number of hydrogen-bond acceptors (Lipinski definition) is 3. The Bertz CT molecular complexity index is 867. The van der Waals surface area contributed by atoms with E-state index in [0.29, 0.717) is 30.2 Å². The summed E-state index contributed by atoms with van der Waals surface area (Å²) < 4.78 is 1.68. The molecule has 3 rings (SSSR count). The van der Waals surface area contributed by atoms with Crippen LogP contribution in [0.15, 0.2) is 36.0 Å². The molecule has 28 heavy (non-hydrogen) atoms. The lowest BCUT2D eigenvalue weighted by molar-refractivity contribution is 0.0941. The van der Waals surface area contributed by atoms with Gasteiger partial charge in [-0.05, 0) is 56.6 Å². The monoisotopic (exact) mass is 382 g/mol. The molecule has 0 saturated carbocycles. The van der Waals surface area contributed by atoms with E-state index in [0.717, 1.165) is 25.7 Å². The van der Waals surface area contributed by atoms with E-state index in [9.17, 15) is 9.59 Å². The smallest absolute Gasteiger partial charge is 0.287 e. The lowest BCUT2D eigenvalue weighted by Crippen LogP contribution is -2.28. The van der Waals surface area contributed by atoms with Crippen LogP contribution in [0.3, 0.4) is 0 Å². The molecule has 2 amide bonds. The third-order valence-corrected chi connectivity index (χ3v) is 5.09. The lowest BCUT2D eigenvalue weighted by Gasteiger charge is -2.12. The Morgan fingerprint density at radius 3 is 2.71 bits per heavy atom. The van der Waals surface area contributed by atoms with Gasteiger partial charge < -0.3 is 10.6 Å². The first-order valence-electron chi connectivity index (χ1n) is 10.3. The first kappa shape index (κ1) is 20.1. The van der Waals surface area contributed by atoms with E-state index >= 15 is 0 Å². The third-order valence-electron chi connectivity index (χ3n) is 5.09. The first-order chi connectivity index (χ1) is 13.6. The van der Waals surface area contributed by atoms with Gasteiger partial charge in [-0.3, -0.25) is 14.0 Å². The number of aromatic nitrogens is 2. The number of carbonyl (C=O) groups is 2. The molecule has 0 bridgehead atoms. The largest absolute Gasteiger partial charge is 0.350 e. The predicted octanol–water partition coefficient (Wildman–Crippen LogP) is 3.73. The summed E-state index contributed by atoms with van der Waals surface area (Å²) in [5.41, 5.74) is 2.37. The number of allylic oxidation sites excluding steroid dienone is 1. The average Bonchev–Trinajstić information content (AvgIpc) is 3.08. The summed E-state index contributed by atoms with van der Waals surface area (Å²) in [4.78, 5) is 29.6. The summed E-state index contributed by atoms with van der Waals surface area (Å²) >= 11 is 0. The molecular formula is C22H30N4O2. The van der Waals surface area contributed by atoms with Crippen LogP contribution in [0, 0.1) is 5.92 Å². The van der Waals surface area contributed by atoms with Gasteiger partial charge in [0.2, 0.25) is 5.82 Å². The minimum absolute atomic E-state index is 0.235. The SMILES string of the molecule is CC(C)CCNC(=O)c1nc(C(=O)NCCC2=CCCCC2)c2ccccn12. The molecular weight excluding hydrogens is 352 g/mol. The van der Waals surface area contributed by atoms with Gasteiger partial charge in [-0.25, -0.2) is 4.98 Å². The van der Waals surface area contributed by atoms with Crippen LogP contribution in [0.25, 0.3) is 5.52 Å². The van der Waals surface area contributed by atoms with E-state index in [1.54, 1.807) is 10.6 Å². The maximum absolute atomic E-state index is 12.7.